The predicted octanol–water partition coefficient (Wildman–Crippen LogP) is 0.190. The summed E-state index contributed by atoms with van der Waals surface area (Å²) in [5.41, 5.74) is 0.0410. The fourth-order valence-electron chi connectivity index (χ4n) is 1.01. The molecule has 1 atom stereocenters. The molecule has 1 N–H and O–H groups in total. The largest absolute Gasteiger partial charge is 0.477 e. The molecule has 1 aliphatic rings. The minimum absolute atomic E-state index is 0.0410. The van der Waals surface area contributed by atoms with Crippen molar-refractivity contribution >= 4 is 29.4 Å². The lowest BCUT2D eigenvalue weighted by Gasteiger charge is -2.16. The Morgan fingerprint density at radius 1 is 1.71 bits per heavy atom. The van der Waals surface area contributed by atoms with Crippen molar-refractivity contribution in [1.29, 1.82) is 0 Å². The molecular weight excluding hydrogens is 206 g/mol. The van der Waals surface area contributed by atoms with Gasteiger partial charge >= 0.3 is 11.9 Å². The summed E-state index contributed by atoms with van der Waals surface area (Å²) in [6, 6.07) is -0.653. The predicted molar refractivity (Wildman–Crippen MR) is 52.8 cm³/mol. The summed E-state index contributed by atoms with van der Waals surface area (Å²) in [7, 11) is 0. The average molecular weight is 217 g/mol. The van der Waals surface area contributed by atoms with E-state index in [1.54, 1.807) is 6.92 Å². The second kappa shape index (κ2) is 4.99. The number of thioether (sulfide) groups is 1. The molecule has 0 aliphatic carbocycles. The van der Waals surface area contributed by atoms with Crippen LogP contribution in [0.2, 0.25) is 0 Å². The number of nitrogens with zero attached hydrogens (tertiary/aromatic N) is 1. The smallest absolute Gasteiger partial charge is 0.350 e. The molecule has 0 unspecified atom stereocenters. The molecule has 6 heteroatoms. The van der Waals surface area contributed by atoms with Gasteiger partial charge in [0.1, 0.15) is 5.71 Å². The van der Waals surface area contributed by atoms with Crippen molar-refractivity contribution in [2.24, 2.45) is 4.99 Å². The maximum atomic E-state index is 11.2. The Labute approximate surface area is 85.5 Å². The highest BCUT2D eigenvalue weighted by Gasteiger charge is 2.25. The third-order valence-corrected chi connectivity index (χ3v) is 2.66. The minimum Gasteiger partial charge on any atom is -0.477 e. The summed E-state index contributed by atoms with van der Waals surface area (Å²) in [6.07, 6.45) is 0. The van der Waals surface area contributed by atoms with Crippen molar-refractivity contribution in [1.82, 2.24) is 0 Å². The molecule has 14 heavy (non-hydrogen) atoms. The molecule has 0 radical (unpaired) electrons. The lowest BCUT2D eigenvalue weighted by Crippen LogP contribution is -2.32. The average Bonchev–Trinajstić information content (AvgIpc) is 2.18. The summed E-state index contributed by atoms with van der Waals surface area (Å²) in [5, 5.41) is 8.67. The molecule has 0 saturated heterocycles. The summed E-state index contributed by atoms with van der Waals surface area (Å²) < 4.78 is 4.76. The van der Waals surface area contributed by atoms with E-state index >= 15 is 0 Å². The lowest BCUT2D eigenvalue weighted by atomic mass is 10.3. The SMILES string of the molecule is CCOC(=O)[C@H]1CSCC(C(=O)O)=N1. The zero-order valence-electron chi connectivity index (χ0n) is 7.73. The second-order valence-corrected chi connectivity index (χ2v) is 3.69. The van der Waals surface area contributed by atoms with Crippen molar-refractivity contribution in [2.75, 3.05) is 18.1 Å². The van der Waals surface area contributed by atoms with Crippen molar-refractivity contribution in [3.8, 4) is 0 Å². The number of hydrogen-bond acceptors (Lipinski definition) is 5. The Balaban J connectivity index is 2.67. The van der Waals surface area contributed by atoms with Crippen LogP contribution in [-0.2, 0) is 14.3 Å². The highest BCUT2D eigenvalue weighted by atomic mass is 32.2. The zero-order chi connectivity index (χ0) is 10.6. The molecule has 0 aromatic carbocycles. The first-order valence-electron chi connectivity index (χ1n) is 4.19. The van der Waals surface area contributed by atoms with Gasteiger partial charge in [-0.1, -0.05) is 0 Å². The third-order valence-electron chi connectivity index (χ3n) is 1.63. The topological polar surface area (TPSA) is 76.0 Å². The Morgan fingerprint density at radius 3 is 3.00 bits per heavy atom. The molecule has 0 fully saturated rings. The van der Waals surface area contributed by atoms with E-state index in [4.69, 9.17) is 9.84 Å². The standard InChI is InChI=1S/C8H11NO4S/c1-2-13-8(12)6-4-14-3-5(9-6)7(10)11/h6H,2-4H2,1H3,(H,10,11)/t6-/m1/s1. The summed E-state index contributed by atoms with van der Waals surface area (Å²) in [4.78, 5) is 25.6. The lowest BCUT2D eigenvalue weighted by molar-refractivity contribution is -0.143. The number of carboxylic acid groups (broad SMARTS) is 1. The van der Waals surface area contributed by atoms with Crippen LogP contribution >= 0.6 is 11.8 Å². The van der Waals surface area contributed by atoms with E-state index in [-0.39, 0.29) is 12.3 Å². The van der Waals surface area contributed by atoms with Crippen LogP contribution in [-0.4, -0.2) is 46.9 Å². The number of carbonyl (C=O) groups is 2. The number of rotatable bonds is 3. The van der Waals surface area contributed by atoms with E-state index in [0.717, 1.165) is 0 Å². The highest BCUT2D eigenvalue weighted by molar-refractivity contribution is 8.00. The highest BCUT2D eigenvalue weighted by Crippen LogP contribution is 2.14. The molecule has 1 heterocycles. The molecular formula is C8H11NO4S. The number of carbonyl (C=O) groups excluding carboxylic acids is 1. The fraction of sp³-hybridized carbons (Fsp3) is 0.625. The molecule has 0 bridgehead atoms. The van der Waals surface area contributed by atoms with Crippen LogP contribution in [0, 0.1) is 0 Å². The number of ether oxygens (including phenoxy) is 1. The van der Waals surface area contributed by atoms with E-state index in [0.29, 0.717) is 11.5 Å². The molecule has 1 aliphatic heterocycles. The van der Waals surface area contributed by atoms with E-state index < -0.39 is 18.0 Å². The molecule has 0 spiro atoms. The molecule has 78 valence electrons. The number of aliphatic carboxylic acids is 1. The Kier molecular flexibility index (Phi) is 3.94. The quantitative estimate of drug-likeness (QED) is 0.683. The molecule has 0 aromatic rings. The van der Waals surface area contributed by atoms with Gasteiger partial charge in [0.25, 0.3) is 0 Å². The Bertz CT molecular complexity index is 277. The van der Waals surface area contributed by atoms with Crippen LogP contribution in [0.3, 0.4) is 0 Å². The van der Waals surface area contributed by atoms with Gasteiger partial charge in [-0.05, 0) is 6.92 Å². The number of esters is 1. The van der Waals surface area contributed by atoms with Crippen molar-refractivity contribution in [3.05, 3.63) is 0 Å². The van der Waals surface area contributed by atoms with Crippen LogP contribution < -0.4 is 0 Å². The normalized spacial score (nSPS) is 21.2. The van der Waals surface area contributed by atoms with E-state index in [1.807, 2.05) is 0 Å². The van der Waals surface area contributed by atoms with Crippen LogP contribution in [0.15, 0.2) is 4.99 Å². The van der Waals surface area contributed by atoms with E-state index in [2.05, 4.69) is 4.99 Å². The van der Waals surface area contributed by atoms with Gasteiger partial charge in [0.15, 0.2) is 6.04 Å². The van der Waals surface area contributed by atoms with Crippen LogP contribution in [0.4, 0.5) is 0 Å². The first-order chi connectivity index (χ1) is 6.65. The van der Waals surface area contributed by atoms with E-state index in [1.165, 1.54) is 11.8 Å². The monoisotopic (exact) mass is 217 g/mol. The number of carboxylic acids is 1. The maximum Gasteiger partial charge on any atom is 0.350 e. The van der Waals surface area contributed by atoms with Gasteiger partial charge in [0.05, 0.1) is 6.61 Å². The summed E-state index contributed by atoms with van der Waals surface area (Å²) >= 11 is 1.38. The molecule has 0 amide bonds. The van der Waals surface area contributed by atoms with E-state index in [9.17, 15) is 9.59 Å². The van der Waals surface area contributed by atoms with Crippen molar-refractivity contribution < 1.29 is 19.4 Å². The van der Waals surface area contributed by atoms with Crippen molar-refractivity contribution in [3.63, 3.8) is 0 Å². The zero-order valence-corrected chi connectivity index (χ0v) is 8.54. The molecule has 0 aromatic heterocycles. The maximum absolute atomic E-state index is 11.2. The first-order valence-corrected chi connectivity index (χ1v) is 5.35. The van der Waals surface area contributed by atoms with Gasteiger partial charge in [-0.25, -0.2) is 9.59 Å². The van der Waals surface area contributed by atoms with Gasteiger partial charge in [-0.2, -0.15) is 11.8 Å². The third kappa shape index (κ3) is 2.73. The van der Waals surface area contributed by atoms with Gasteiger partial charge < -0.3 is 9.84 Å². The number of aliphatic imine (C=N–C) groups is 1. The minimum atomic E-state index is -1.06. The van der Waals surface area contributed by atoms with Gasteiger partial charge in [0.2, 0.25) is 0 Å². The Hall–Kier alpha value is -1.04. The molecule has 5 nitrogen and oxygen atoms in total. The van der Waals surface area contributed by atoms with Crippen LogP contribution in [0.5, 0.6) is 0 Å². The fourth-order valence-corrected chi connectivity index (χ4v) is 1.95. The molecule has 0 saturated carbocycles. The van der Waals surface area contributed by atoms with Crippen molar-refractivity contribution in [2.45, 2.75) is 13.0 Å². The Morgan fingerprint density at radius 2 is 2.43 bits per heavy atom. The van der Waals surface area contributed by atoms with Crippen LogP contribution in [0.25, 0.3) is 0 Å². The van der Waals surface area contributed by atoms with Gasteiger partial charge in [-0.3, -0.25) is 4.99 Å². The first kappa shape index (κ1) is 11.0. The molecule has 1 rings (SSSR count). The number of hydrogen-bond donors (Lipinski definition) is 1. The summed E-state index contributed by atoms with van der Waals surface area (Å²) in [6.45, 7) is 1.99. The second-order valence-electron chi connectivity index (χ2n) is 2.66. The van der Waals surface area contributed by atoms with Crippen LogP contribution in [0.1, 0.15) is 6.92 Å². The van der Waals surface area contributed by atoms with Gasteiger partial charge in [0, 0.05) is 11.5 Å². The summed E-state index contributed by atoms with van der Waals surface area (Å²) in [5.74, 6) is -0.661. The van der Waals surface area contributed by atoms with Gasteiger partial charge in [-0.15, -0.1) is 0 Å².